The maximum Gasteiger partial charge on any atom is 0.416 e. The Bertz CT molecular complexity index is 566. The van der Waals surface area contributed by atoms with Crippen molar-refractivity contribution in [1.82, 2.24) is 9.88 Å². The summed E-state index contributed by atoms with van der Waals surface area (Å²) in [5.41, 5.74) is 0.737. The second-order valence-corrected chi connectivity index (χ2v) is 8.08. The summed E-state index contributed by atoms with van der Waals surface area (Å²) in [4.78, 5) is 21.4. The van der Waals surface area contributed by atoms with Crippen LogP contribution in [0.25, 0.3) is 0 Å². The molecule has 1 aromatic rings. The fourth-order valence-electron chi connectivity index (χ4n) is 3.43. The van der Waals surface area contributed by atoms with E-state index in [2.05, 4.69) is 29.8 Å². The molecule has 0 N–H and O–H groups in total. The molecule has 1 amide bonds. The molecule has 0 spiro atoms. The Morgan fingerprint density at radius 2 is 2.08 bits per heavy atom. The number of piperidine rings is 1. The van der Waals surface area contributed by atoms with Crippen LogP contribution in [0, 0.1) is 0 Å². The standard InChI is InChI=1S/C21H35N3O2/c1-6-8-15-24(20(25)26-21(3,4)5)19-13-12-17(16-22-19)18-11-9-10-14-23(18)7-2/h12-13,16,18H,6-11,14-15H2,1-5H3/t18-/m1/s1. The molecule has 1 fully saturated rings. The molecular weight excluding hydrogens is 326 g/mol. The summed E-state index contributed by atoms with van der Waals surface area (Å²) in [6.07, 6.45) is 7.29. The van der Waals surface area contributed by atoms with Gasteiger partial charge in [-0.25, -0.2) is 9.78 Å². The van der Waals surface area contributed by atoms with Gasteiger partial charge in [0.1, 0.15) is 11.4 Å². The Kier molecular flexibility index (Phi) is 7.44. The summed E-state index contributed by atoms with van der Waals surface area (Å²) in [6, 6.07) is 4.54. The Hall–Kier alpha value is -1.62. The van der Waals surface area contributed by atoms with Crippen LogP contribution in [-0.2, 0) is 4.74 Å². The molecular formula is C21H35N3O2. The number of hydrogen-bond acceptors (Lipinski definition) is 4. The van der Waals surface area contributed by atoms with Crippen molar-refractivity contribution in [1.29, 1.82) is 0 Å². The number of carbonyl (C=O) groups excluding carboxylic acids is 1. The van der Waals surface area contributed by atoms with Crippen molar-refractivity contribution in [2.75, 3.05) is 24.5 Å². The van der Waals surface area contributed by atoms with Gasteiger partial charge < -0.3 is 4.74 Å². The molecule has 1 saturated heterocycles. The quantitative estimate of drug-likeness (QED) is 0.701. The second-order valence-electron chi connectivity index (χ2n) is 8.08. The molecule has 0 radical (unpaired) electrons. The van der Waals surface area contributed by atoms with Gasteiger partial charge in [0.05, 0.1) is 0 Å². The molecule has 1 aromatic heterocycles. The molecule has 5 heteroatoms. The van der Waals surface area contributed by atoms with Gasteiger partial charge in [-0.1, -0.05) is 32.8 Å². The largest absolute Gasteiger partial charge is 0.443 e. The molecule has 0 aliphatic carbocycles. The van der Waals surface area contributed by atoms with Crippen LogP contribution in [0.15, 0.2) is 18.3 Å². The van der Waals surface area contributed by atoms with Crippen molar-refractivity contribution < 1.29 is 9.53 Å². The van der Waals surface area contributed by atoms with Crippen molar-refractivity contribution in [2.24, 2.45) is 0 Å². The van der Waals surface area contributed by atoms with E-state index in [0.717, 1.165) is 25.9 Å². The van der Waals surface area contributed by atoms with Crippen molar-refractivity contribution in [2.45, 2.75) is 78.4 Å². The lowest BCUT2D eigenvalue weighted by Gasteiger charge is -2.35. The van der Waals surface area contributed by atoms with Gasteiger partial charge in [0, 0.05) is 18.8 Å². The third kappa shape index (κ3) is 5.70. The summed E-state index contributed by atoms with van der Waals surface area (Å²) in [5, 5.41) is 0. The van der Waals surface area contributed by atoms with E-state index < -0.39 is 5.60 Å². The van der Waals surface area contributed by atoms with Gasteiger partial charge in [-0.15, -0.1) is 0 Å². The number of pyridine rings is 1. The molecule has 26 heavy (non-hydrogen) atoms. The summed E-state index contributed by atoms with van der Waals surface area (Å²) < 4.78 is 5.57. The zero-order valence-electron chi connectivity index (χ0n) is 17.1. The summed E-state index contributed by atoms with van der Waals surface area (Å²) >= 11 is 0. The molecule has 0 bridgehead atoms. The number of unbranched alkanes of at least 4 members (excludes halogenated alkanes) is 1. The normalized spacial score (nSPS) is 18.6. The topological polar surface area (TPSA) is 45.7 Å². The number of ether oxygens (including phenoxy) is 1. The molecule has 0 unspecified atom stereocenters. The smallest absolute Gasteiger partial charge is 0.416 e. The average Bonchev–Trinajstić information content (AvgIpc) is 2.61. The molecule has 0 aromatic carbocycles. The molecule has 5 nitrogen and oxygen atoms in total. The first kappa shape index (κ1) is 20.7. The van der Waals surface area contributed by atoms with Crippen LogP contribution >= 0.6 is 0 Å². The van der Waals surface area contributed by atoms with E-state index in [0.29, 0.717) is 18.4 Å². The van der Waals surface area contributed by atoms with E-state index >= 15 is 0 Å². The SMILES string of the molecule is CCCCN(C(=O)OC(C)(C)C)c1ccc([C@H]2CCCCN2CC)cn1. The first-order valence-electron chi connectivity index (χ1n) is 10.1. The van der Waals surface area contributed by atoms with Gasteiger partial charge in [-0.2, -0.15) is 0 Å². The number of rotatable bonds is 6. The van der Waals surface area contributed by atoms with Gasteiger partial charge in [0.25, 0.3) is 0 Å². The highest BCUT2D eigenvalue weighted by molar-refractivity contribution is 5.86. The Labute approximate surface area is 158 Å². The molecule has 2 rings (SSSR count). The highest BCUT2D eigenvalue weighted by atomic mass is 16.6. The minimum Gasteiger partial charge on any atom is -0.443 e. The molecule has 1 aliphatic rings. The summed E-state index contributed by atoms with van der Waals surface area (Å²) in [7, 11) is 0. The van der Waals surface area contributed by atoms with Crippen molar-refractivity contribution in [3.8, 4) is 0 Å². The zero-order chi connectivity index (χ0) is 19.2. The maximum atomic E-state index is 12.6. The van der Waals surface area contributed by atoms with E-state index in [1.54, 1.807) is 4.90 Å². The number of anilines is 1. The van der Waals surface area contributed by atoms with Crippen LogP contribution in [-0.4, -0.2) is 41.2 Å². The highest BCUT2D eigenvalue weighted by Crippen LogP contribution is 2.31. The number of carbonyl (C=O) groups is 1. The van der Waals surface area contributed by atoms with Crippen LogP contribution in [0.1, 0.15) is 78.3 Å². The summed E-state index contributed by atoms with van der Waals surface area (Å²) in [6.45, 7) is 12.9. The van der Waals surface area contributed by atoms with Crippen molar-refractivity contribution in [3.05, 3.63) is 23.9 Å². The van der Waals surface area contributed by atoms with Crippen LogP contribution in [0.3, 0.4) is 0 Å². The van der Waals surface area contributed by atoms with Gasteiger partial charge >= 0.3 is 6.09 Å². The van der Waals surface area contributed by atoms with Crippen LogP contribution in [0.5, 0.6) is 0 Å². The zero-order valence-corrected chi connectivity index (χ0v) is 17.1. The lowest BCUT2D eigenvalue weighted by molar-refractivity contribution is 0.0578. The number of aromatic nitrogens is 1. The lowest BCUT2D eigenvalue weighted by Crippen LogP contribution is -2.38. The molecule has 1 atom stereocenters. The lowest BCUT2D eigenvalue weighted by atomic mass is 9.96. The number of likely N-dealkylation sites (tertiary alicyclic amines) is 1. The van der Waals surface area contributed by atoms with E-state index in [-0.39, 0.29) is 6.09 Å². The van der Waals surface area contributed by atoms with Crippen molar-refractivity contribution >= 4 is 11.9 Å². The van der Waals surface area contributed by atoms with E-state index in [1.165, 1.54) is 24.8 Å². The Balaban J connectivity index is 2.16. The fraction of sp³-hybridized carbons (Fsp3) is 0.714. The third-order valence-electron chi connectivity index (χ3n) is 4.80. The van der Waals surface area contributed by atoms with E-state index in [4.69, 9.17) is 4.74 Å². The highest BCUT2D eigenvalue weighted by Gasteiger charge is 2.26. The van der Waals surface area contributed by atoms with Crippen LogP contribution < -0.4 is 4.90 Å². The molecule has 0 saturated carbocycles. The number of hydrogen-bond donors (Lipinski definition) is 0. The predicted octanol–water partition coefficient (Wildman–Crippen LogP) is 5.17. The number of amides is 1. The average molecular weight is 362 g/mol. The van der Waals surface area contributed by atoms with E-state index in [1.807, 2.05) is 33.0 Å². The second kappa shape index (κ2) is 9.36. The Morgan fingerprint density at radius 3 is 2.65 bits per heavy atom. The first-order valence-corrected chi connectivity index (χ1v) is 10.1. The predicted molar refractivity (Wildman–Crippen MR) is 107 cm³/mol. The number of nitrogens with zero attached hydrogens (tertiary/aromatic N) is 3. The minimum atomic E-state index is -0.509. The van der Waals surface area contributed by atoms with Gasteiger partial charge in [-0.05, 0) is 64.8 Å². The first-order chi connectivity index (χ1) is 12.4. The molecule has 1 aliphatic heterocycles. The van der Waals surface area contributed by atoms with Gasteiger partial charge in [-0.3, -0.25) is 9.80 Å². The van der Waals surface area contributed by atoms with Crippen LogP contribution in [0.4, 0.5) is 10.6 Å². The summed E-state index contributed by atoms with van der Waals surface area (Å²) in [5.74, 6) is 0.676. The Morgan fingerprint density at radius 1 is 1.31 bits per heavy atom. The molecule has 146 valence electrons. The monoisotopic (exact) mass is 361 g/mol. The van der Waals surface area contributed by atoms with Gasteiger partial charge in [0.2, 0.25) is 0 Å². The van der Waals surface area contributed by atoms with Crippen molar-refractivity contribution in [3.63, 3.8) is 0 Å². The minimum absolute atomic E-state index is 0.320. The van der Waals surface area contributed by atoms with Crippen LogP contribution in [0.2, 0.25) is 0 Å². The maximum absolute atomic E-state index is 12.6. The fourth-order valence-corrected chi connectivity index (χ4v) is 3.43. The van der Waals surface area contributed by atoms with E-state index in [9.17, 15) is 4.79 Å². The molecule has 2 heterocycles. The van der Waals surface area contributed by atoms with Gasteiger partial charge in [0.15, 0.2) is 0 Å². The third-order valence-corrected chi connectivity index (χ3v) is 4.80.